The van der Waals surface area contributed by atoms with E-state index in [0.29, 0.717) is 26.9 Å². The lowest BCUT2D eigenvalue weighted by Gasteiger charge is -2.19. The summed E-state index contributed by atoms with van der Waals surface area (Å²) in [4.78, 5) is 14.1. The van der Waals surface area contributed by atoms with Gasteiger partial charge in [-0.2, -0.15) is 5.10 Å². The summed E-state index contributed by atoms with van der Waals surface area (Å²) in [6.45, 7) is 3.65. The topological polar surface area (TPSA) is 44.7 Å². The number of nitrogens with zero attached hydrogens (tertiary/aromatic N) is 2. The van der Waals surface area contributed by atoms with Gasteiger partial charge in [0.25, 0.3) is 5.91 Å². The van der Waals surface area contributed by atoms with Crippen molar-refractivity contribution in [2.24, 2.45) is 5.10 Å². The molecule has 3 rings (SSSR count). The van der Waals surface area contributed by atoms with Crippen molar-refractivity contribution >= 4 is 41.0 Å². The molecule has 0 bridgehead atoms. The van der Waals surface area contributed by atoms with Crippen LogP contribution in [-0.2, 0) is 0 Å². The van der Waals surface area contributed by atoms with Crippen molar-refractivity contribution in [2.75, 3.05) is 18.0 Å². The third kappa shape index (κ3) is 4.17. The van der Waals surface area contributed by atoms with Crippen LogP contribution in [0, 0.1) is 12.7 Å². The molecule has 2 aromatic carbocycles. The molecule has 1 heterocycles. The van der Waals surface area contributed by atoms with E-state index in [0.717, 1.165) is 31.5 Å². The second-order valence-electron chi connectivity index (χ2n) is 6.18. The summed E-state index contributed by atoms with van der Waals surface area (Å²) >= 11 is 11.7. The van der Waals surface area contributed by atoms with E-state index < -0.39 is 5.91 Å². The average molecular weight is 394 g/mol. The van der Waals surface area contributed by atoms with Gasteiger partial charge in [-0.05, 0) is 55.7 Å². The Hall–Kier alpha value is -2.11. The number of amides is 1. The SMILES string of the molecule is Cc1cc(N2CCCC2)c(F)cc1C=NNC(=O)c1ccc(Cl)c(Cl)c1. The molecule has 1 saturated heterocycles. The molecule has 136 valence electrons. The molecule has 1 amide bonds. The van der Waals surface area contributed by atoms with E-state index in [1.165, 1.54) is 18.3 Å². The fourth-order valence-electron chi connectivity index (χ4n) is 2.88. The minimum atomic E-state index is -0.424. The lowest BCUT2D eigenvalue weighted by Crippen LogP contribution is -2.19. The minimum Gasteiger partial charge on any atom is -0.369 e. The van der Waals surface area contributed by atoms with Crippen LogP contribution in [0.25, 0.3) is 0 Å². The molecule has 0 atom stereocenters. The van der Waals surface area contributed by atoms with Gasteiger partial charge >= 0.3 is 0 Å². The highest BCUT2D eigenvalue weighted by atomic mass is 35.5. The van der Waals surface area contributed by atoms with Crippen molar-refractivity contribution in [2.45, 2.75) is 19.8 Å². The summed E-state index contributed by atoms with van der Waals surface area (Å²) in [6.07, 6.45) is 3.60. The van der Waals surface area contributed by atoms with E-state index in [-0.39, 0.29) is 5.82 Å². The largest absolute Gasteiger partial charge is 0.369 e. The van der Waals surface area contributed by atoms with Gasteiger partial charge in [0.2, 0.25) is 0 Å². The number of hydrogen-bond acceptors (Lipinski definition) is 3. The second-order valence-corrected chi connectivity index (χ2v) is 7.00. The van der Waals surface area contributed by atoms with Crippen LogP contribution in [0.1, 0.15) is 34.3 Å². The van der Waals surface area contributed by atoms with Crippen molar-refractivity contribution in [3.05, 3.63) is 62.9 Å². The van der Waals surface area contributed by atoms with Gasteiger partial charge in [-0.25, -0.2) is 9.82 Å². The van der Waals surface area contributed by atoms with E-state index in [1.54, 1.807) is 12.1 Å². The molecule has 0 aliphatic carbocycles. The zero-order chi connectivity index (χ0) is 18.7. The fraction of sp³-hybridized carbons (Fsp3) is 0.263. The zero-order valence-electron chi connectivity index (χ0n) is 14.2. The summed E-state index contributed by atoms with van der Waals surface area (Å²) in [5, 5.41) is 4.58. The van der Waals surface area contributed by atoms with Crippen molar-refractivity contribution < 1.29 is 9.18 Å². The molecule has 0 aromatic heterocycles. The molecular formula is C19H18Cl2FN3O. The first-order valence-electron chi connectivity index (χ1n) is 8.29. The van der Waals surface area contributed by atoms with E-state index in [2.05, 4.69) is 15.4 Å². The number of benzene rings is 2. The maximum Gasteiger partial charge on any atom is 0.271 e. The Kier molecular flexibility index (Phi) is 5.79. The Bertz CT molecular complexity index is 864. The van der Waals surface area contributed by atoms with Crippen LogP contribution in [0.15, 0.2) is 35.4 Å². The number of nitrogens with one attached hydrogen (secondary N) is 1. The molecular weight excluding hydrogens is 376 g/mol. The standard InChI is InChI=1S/C19H18Cl2FN3O/c1-12-8-18(25-6-2-3-7-25)17(22)10-14(12)11-23-24-19(26)13-4-5-15(20)16(21)9-13/h4-5,8-11H,2-3,6-7H2,1H3,(H,24,26). The van der Waals surface area contributed by atoms with Gasteiger partial charge in [0, 0.05) is 24.2 Å². The highest BCUT2D eigenvalue weighted by Crippen LogP contribution is 2.26. The molecule has 0 unspecified atom stereocenters. The summed E-state index contributed by atoms with van der Waals surface area (Å²) in [6, 6.07) is 7.82. The van der Waals surface area contributed by atoms with E-state index in [9.17, 15) is 9.18 Å². The van der Waals surface area contributed by atoms with Gasteiger partial charge in [0.1, 0.15) is 5.82 Å². The quantitative estimate of drug-likeness (QED) is 0.598. The number of hydrazone groups is 1. The van der Waals surface area contributed by atoms with Crippen LogP contribution in [-0.4, -0.2) is 25.2 Å². The van der Waals surface area contributed by atoms with Crippen LogP contribution in [0.3, 0.4) is 0 Å². The molecule has 1 aliphatic rings. The Morgan fingerprint density at radius 3 is 2.62 bits per heavy atom. The van der Waals surface area contributed by atoms with Crippen molar-refractivity contribution in [3.8, 4) is 0 Å². The molecule has 1 aliphatic heterocycles. The summed E-state index contributed by atoms with van der Waals surface area (Å²) in [5.41, 5.74) is 4.87. The number of hydrogen-bond donors (Lipinski definition) is 1. The molecule has 26 heavy (non-hydrogen) atoms. The molecule has 0 radical (unpaired) electrons. The Labute approximate surface area is 161 Å². The summed E-state index contributed by atoms with van der Waals surface area (Å²) in [7, 11) is 0. The van der Waals surface area contributed by atoms with E-state index in [4.69, 9.17) is 23.2 Å². The molecule has 7 heteroatoms. The van der Waals surface area contributed by atoms with Gasteiger partial charge < -0.3 is 4.90 Å². The maximum absolute atomic E-state index is 14.4. The van der Waals surface area contributed by atoms with Gasteiger partial charge in [-0.1, -0.05) is 23.2 Å². The third-order valence-corrected chi connectivity index (χ3v) is 5.07. The number of carbonyl (C=O) groups is 1. The predicted molar refractivity (Wildman–Crippen MR) is 104 cm³/mol. The van der Waals surface area contributed by atoms with E-state index >= 15 is 0 Å². The molecule has 0 spiro atoms. The maximum atomic E-state index is 14.4. The molecule has 2 aromatic rings. The minimum absolute atomic E-state index is 0.283. The van der Waals surface area contributed by atoms with Crippen LogP contribution >= 0.6 is 23.2 Å². The number of anilines is 1. The third-order valence-electron chi connectivity index (χ3n) is 4.33. The first kappa shape index (κ1) is 18.7. The number of aryl methyl sites for hydroxylation is 1. The smallest absolute Gasteiger partial charge is 0.271 e. The predicted octanol–water partition coefficient (Wildman–Crippen LogP) is 4.81. The van der Waals surface area contributed by atoms with Crippen molar-refractivity contribution in [1.29, 1.82) is 0 Å². The molecule has 4 nitrogen and oxygen atoms in total. The monoisotopic (exact) mass is 393 g/mol. The van der Waals surface area contributed by atoms with Crippen LogP contribution in [0.5, 0.6) is 0 Å². The lowest BCUT2D eigenvalue weighted by atomic mass is 10.1. The molecule has 0 saturated carbocycles. The van der Waals surface area contributed by atoms with Crippen molar-refractivity contribution in [3.63, 3.8) is 0 Å². The van der Waals surface area contributed by atoms with Crippen molar-refractivity contribution in [1.82, 2.24) is 5.43 Å². The zero-order valence-corrected chi connectivity index (χ0v) is 15.7. The Morgan fingerprint density at radius 2 is 1.92 bits per heavy atom. The van der Waals surface area contributed by atoms with Gasteiger partial charge in [-0.3, -0.25) is 4.79 Å². The van der Waals surface area contributed by atoms with Crippen LogP contribution in [0.2, 0.25) is 10.0 Å². The fourth-order valence-corrected chi connectivity index (χ4v) is 3.18. The second kappa shape index (κ2) is 8.06. The number of halogens is 3. The Balaban J connectivity index is 1.70. The first-order chi connectivity index (χ1) is 12.5. The van der Waals surface area contributed by atoms with Crippen LogP contribution in [0.4, 0.5) is 10.1 Å². The highest BCUT2D eigenvalue weighted by Gasteiger charge is 2.17. The van der Waals surface area contributed by atoms with Gasteiger partial charge in [0.15, 0.2) is 0 Å². The van der Waals surface area contributed by atoms with Crippen LogP contribution < -0.4 is 10.3 Å². The lowest BCUT2D eigenvalue weighted by molar-refractivity contribution is 0.0955. The summed E-state index contributed by atoms with van der Waals surface area (Å²) in [5.74, 6) is -0.707. The average Bonchev–Trinajstić information content (AvgIpc) is 3.14. The Morgan fingerprint density at radius 1 is 1.19 bits per heavy atom. The van der Waals surface area contributed by atoms with Gasteiger partial charge in [0.05, 0.1) is 21.9 Å². The number of rotatable bonds is 4. The molecule has 1 fully saturated rings. The number of carbonyl (C=O) groups excluding carboxylic acids is 1. The van der Waals surface area contributed by atoms with Gasteiger partial charge in [-0.15, -0.1) is 0 Å². The first-order valence-corrected chi connectivity index (χ1v) is 9.05. The normalized spacial score (nSPS) is 14.2. The highest BCUT2D eigenvalue weighted by molar-refractivity contribution is 6.42. The molecule has 1 N–H and O–H groups in total. The van der Waals surface area contributed by atoms with E-state index in [1.807, 2.05) is 13.0 Å². The summed E-state index contributed by atoms with van der Waals surface area (Å²) < 4.78 is 14.4.